The minimum atomic E-state index is -4.00. The van der Waals surface area contributed by atoms with Crippen LogP contribution in [0.4, 0.5) is 13.2 Å². The molecule has 19 heavy (non-hydrogen) atoms. The van der Waals surface area contributed by atoms with Gasteiger partial charge < -0.3 is 4.74 Å². The van der Waals surface area contributed by atoms with Crippen LogP contribution in [-0.2, 0) is 0 Å². The molecule has 0 bridgehead atoms. The highest BCUT2D eigenvalue weighted by Gasteiger charge is 2.42. The molecule has 0 spiro atoms. The molecule has 0 unspecified atom stereocenters. The smallest absolute Gasteiger partial charge is 0.426 e. The summed E-state index contributed by atoms with van der Waals surface area (Å²) in [5.41, 5.74) is -0.317. The number of hydrogen-bond acceptors (Lipinski definition) is 2. The van der Waals surface area contributed by atoms with Gasteiger partial charge in [0.25, 0.3) is 5.78 Å². The quantitative estimate of drug-likeness (QED) is 0.789. The maximum atomic E-state index is 13.6. The number of ether oxygens (including phenoxy) is 1. The van der Waals surface area contributed by atoms with E-state index in [0.29, 0.717) is 0 Å². The molecule has 0 amide bonds. The van der Waals surface area contributed by atoms with E-state index in [1.807, 2.05) is 0 Å². The molecule has 0 saturated carbocycles. The number of benzene rings is 2. The van der Waals surface area contributed by atoms with E-state index >= 15 is 0 Å². The van der Waals surface area contributed by atoms with E-state index in [0.717, 1.165) is 24.3 Å². The number of alkyl halides is 2. The number of hydrogen-bond donors (Lipinski definition) is 0. The summed E-state index contributed by atoms with van der Waals surface area (Å²) >= 11 is 0. The van der Waals surface area contributed by atoms with E-state index < -0.39 is 17.7 Å². The van der Waals surface area contributed by atoms with Gasteiger partial charge in [0.1, 0.15) is 11.6 Å². The van der Waals surface area contributed by atoms with Crippen molar-refractivity contribution >= 4 is 5.78 Å². The molecule has 0 aliphatic carbocycles. The predicted octanol–water partition coefficient (Wildman–Crippen LogP) is 3.68. The van der Waals surface area contributed by atoms with Crippen molar-refractivity contribution in [1.29, 1.82) is 0 Å². The number of para-hydroxylation sites is 1. The summed E-state index contributed by atoms with van der Waals surface area (Å²) in [6.45, 7) is 0. The molecule has 0 N–H and O–H groups in total. The van der Waals surface area contributed by atoms with Gasteiger partial charge in [-0.2, -0.15) is 8.78 Å². The first-order valence-corrected chi connectivity index (χ1v) is 5.41. The lowest BCUT2D eigenvalue weighted by atomic mass is 10.1. The van der Waals surface area contributed by atoms with Gasteiger partial charge in [0.2, 0.25) is 0 Å². The summed E-state index contributed by atoms with van der Waals surface area (Å²) in [5.74, 6) is -2.25. The maximum Gasteiger partial charge on any atom is 0.465 e. The molecule has 2 rings (SSSR count). The number of carbonyl (C=O) groups is 1. The van der Waals surface area contributed by atoms with Crippen LogP contribution in [0.2, 0.25) is 0 Å². The zero-order valence-electron chi connectivity index (χ0n) is 9.65. The van der Waals surface area contributed by atoms with E-state index in [2.05, 4.69) is 4.74 Å². The third-order valence-electron chi connectivity index (χ3n) is 2.36. The Morgan fingerprint density at radius 2 is 1.53 bits per heavy atom. The Balaban J connectivity index is 2.19. The molecule has 2 aromatic carbocycles. The van der Waals surface area contributed by atoms with Crippen molar-refractivity contribution in [2.45, 2.75) is 6.11 Å². The van der Waals surface area contributed by atoms with Crippen LogP contribution in [0.5, 0.6) is 5.75 Å². The molecule has 98 valence electrons. The van der Waals surface area contributed by atoms with Crippen LogP contribution >= 0.6 is 0 Å². The van der Waals surface area contributed by atoms with Crippen molar-refractivity contribution < 1.29 is 22.7 Å². The van der Waals surface area contributed by atoms with Gasteiger partial charge in [-0.05, 0) is 36.4 Å². The molecular formula is C14H9F3O2. The van der Waals surface area contributed by atoms with E-state index in [1.165, 1.54) is 24.3 Å². The first kappa shape index (κ1) is 13.1. The average molecular weight is 266 g/mol. The van der Waals surface area contributed by atoms with Crippen LogP contribution in [0, 0.1) is 5.82 Å². The van der Waals surface area contributed by atoms with Gasteiger partial charge in [-0.15, -0.1) is 0 Å². The topological polar surface area (TPSA) is 26.3 Å². The number of halogens is 3. The normalized spacial score (nSPS) is 11.1. The van der Waals surface area contributed by atoms with E-state index in [-0.39, 0.29) is 11.3 Å². The van der Waals surface area contributed by atoms with Gasteiger partial charge in [-0.3, -0.25) is 4.79 Å². The van der Waals surface area contributed by atoms with Gasteiger partial charge in [0.05, 0.1) is 0 Å². The van der Waals surface area contributed by atoms with Crippen molar-refractivity contribution in [2.75, 3.05) is 0 Å². The largest absolute Gasteiger partial charge is 0.465 e. The van der Waals surface area contributed by atoms with Gasteiger partial charge in [0, 0.05) is 5.56 Å². The Kier molecular flexibility index (Phi) is 3.55. The third-order valence-corrected chi connectivity index (χ3v) is 2.36. The van der Waals surface area contributed by atoms with Crippen LogP contribution in [0.15, 0.2) is 54.6 Å². The fraction of sp³-hybridized carbons (Fsp3) is 0.0714. The van der Waals surface area contributed by atoms with Gasteiger partial charge >= 0.3 is 6.11 Å². The van der Waals surface area contributed by atoms with E-state index in [9.17, 15) is 18.0 Å². The van der Waals surface area contributed by atoms with Gasteiger partial charge in [-0.1, -0.05) is 18.2 Å². The summed E-state index contributed by atoms with van der Waals surface area (Å²) in [6.07, 6.45) is -4.00. The number of carbonyl (C=O) groups excluding carboxylic acids is 1. The molecule has 0 atom stereocenters. The molecule has 0 aromatic heterocycles. The average Bonchev–Trinajstić information content (AvgIpc) is 2.39. The lowest BCUT2D eigenvalue weighted by molar-refractivity contribution is -0.133. The Labute approximate surface area is 107 Å². The Morgan fingerprint density at radius 3 is 2.11 bits per heavy atom. The minimum Gasteiger partial charge on any atom is -0.426 e. The van der Waals surface area contributed by atoms with Crippen LogP contribution in [0.25, 0.3) is 0 Å². The summed E-state index contributed by atoms with van der Waals surface area (Å²) in [4.78, 5) is 11.6. The lowest BCUT2D eigenvalue weighted by Crippen LogP contribution is -2.35. The number of ketones is 1. The van der Waals surface area contributed by atoms with Gasteiger partial charge in [0.15, 0.2) is 0 Å². The second kappa shape index (κ2) is 5.14. The van der Waals surface area contributed by atoms with Crippen LogP contribution in [0.1, 0.15) is 10.4 Å². The van der Waals surface area contributed by atoms with E-state index in [4.69, 9.17) is 0 Å². The summed E-state index contributed by atoms with van der Waals surface area (Å²) in [7, 11) is 0. The third kappa shape index (κ3) is 3.13. The Hall–Kier alpha value is -2.30. The van der Waals surface area contributed by atoms with Crippen LogP contribution in [-0.4, -0.2) is 11.9 Å². The molecule has 2 nitrogen and oxygen atoms in total. The standard InChI is InChI=1S/C14H9F3O2/c15-11-8-6-10(7-9-11)13(18)14(16,17)19-12-4-2-1-3-5-12/h1-9H. The van der Waals surface area contributed by atoms with Crippen molar-refractivity contribution in [3.8, 4) is 5.75 Å². The zero-order chi connectivity index (χ0) is 13.9. The zero-order valence-corrected chi connectivity index (χ0v) is 9.65. The van der Waals surface area contributed by atoms with Crippen molar-refractivity contribution in [1.82, 2.24) is 0 Å². The molecule has 0 heterocycles. The van der Waals surface area contributed by atoms with E-state index in [1.54, 1.807) is 6.07 Å². The molecule has 0 aliphatic rings. The summed E-state index contributed by atoms with van der Waals surface area (Å²) in [6, 6.07) is 11.1. The summed E-state index contributed by atoms with van der Waals surface area (Å²) in [5, 5.41) is 0. The van der Waals surface area contributed by atoms with Crippen LogP contribution in [0.3, 0.4) is 0 Å². The highest BCUT2D eigenvalue weighted by molar-refractivity contribution is 6.00. The maximum absolute atomic E-state index is 13.6. The second-order valence-corrected chi connectivity index (χ2v) is 3.77. The SMILES string of the molecule is O=C(c1ccc(F)cc1)C(F)(F)Oc1ccccc1. The monoisotopic (exact) mass is 266 g/mol. The molecule has 0 aliphatic heterocycles. The van der Waals surface area contributed by atoms with Gasteiger partial charge in [-0.25, -0.2) is 4.39 Å². The highest BCUT2D eigenvalue weighted by atomic mass is 19.3. The first-order valence-electron chi connectivity index (χ1n) is 5.41. The predicted molar refractivity (Wildman–Crippen MR) is 62.7 cm³/mol. The molecule has 0 saturated heterocycles. The van der Waals surface area contributed by atoms with Crippen molar-refractivity contribution in [3.05, 3.63) is 66.0 Å². The molecule has 0 fully saturated rings. The van der Waals surface area contributed by atoms with Crippen LogP contribution < -0.4 is 4.74 Å². The molecule has 2 aromatic rings. The fourth-order valence-corrected chi connectivity index (χ4v) is 1.45. The number of Topliss-reactive ketones (excluding diaryl/α,β-unsaturated/α-hetero) is 1. The molecular weight excluding hydrogens is 257 g/mol. The first-order chi connectivity index (χ1) is 8.99. The summed E-state index contributed by atoms with van der Waals surface area (Å²) < 4.78 is 44.3. The van der Waals surface area contributed by atoms with Crippen molar-refractivity contribution in [2.24, 2.45) is 0 Å². The number of rotatable bonds is 4. The Bertz CT molecular complexity index is 565. The molecule has 5 heteroatoms. The minimum absolute atomic E-state index is 0.122. The highest BCUT2D eigenvalue weighted by Crippen LogP contribution is 2.25. The van der Waals surface area contributed by atoms with Crippen molar-refractivity contribution in [3.63, 3.8) is 0 Å². The molecule has 0 radical (unpaired) electrons. The lowest BCUT2D eigenvalue weighted by Gasteiger charge is -2.16. The fourth-order valence-electron chi connectivity index (χ4n) is 1.45. The second-order valence-electron chi connectivity index (χ2n) is 3.77. The Morgan fingerprint density at radius 1 is 0.947 bits per heavy atom.